The summed E-state index contributed by atoms with van der Waals surface area (Å²) in [6.07, 6.45) is 2.13. The van der Waals surface area contributed by atoms with E-state index >= 15 is 0 Å². The van der Waals surface area contributed by atoms with Crippen LogP contribution < -0.4 is 4.74 Å². The zero-order valence-corrected chi connectivity index (χ0v) is 11.0. The average molecular weight is 252 g/mol. The van der Waals surface area contributed by atoms with Crippen molar-refractivity contribution >= 4 is 5.78 Å². The minimum absolute atomic E-state index is 0.103. The van der Waals surface area contributed by atoms with Gasteiger partial charge >= 0.3 is 0 Å². The Balaban J connectivity index is 2.06. The first-order valence-electron chi connectivity index (χ1n) is 6.73. The Morgan fingerprint density at radius 2 is 1.68 bits per heavy atom. The van der Waals surface area contributed by atoms with Gasteiger partial charge in [-0.05, 0) is 18.1 Å². The molecule has 0 amide bonds. The van der Waals surface area contributed by atoms with Crippen molar-refractivity contribution < 1.29 is 9.53 Å². The SMILES string of the molecule is CCCCOc1cccc2c1-c1ccccc1C2=O. The molecule has 3 rings (SSSR count). The number of unbranched alkanes of at least 4 members (excludes halogenated alkanes) is 1. The summed E-state index contributed by atoms with van der Waals surface area (Å²) in [6, 6.07) is 13.5. The van der Waals surface area contributed by atoms with Crippen molar-refractivity contribution in [3.8, 4) is 16.9 Å². The lowest BCUT2D eigenvalue weighted by Crippen LogP contribution is -1.99. The van der Waals surface area contributed by atoms with Crippen LogP contribution in [0.1, 0.15) is 35.7 Å². The van der Waals surface area contributed by atoms with Gasteiger partial charge in [-0.2, -0.15) is 0 Å². The smallest absolute Gasteiger partial charge is 0.194 e. The molecule has 0 aromatic heterocycles. The molecule has 2 heteroatoms. The van der Waals surface area contributed by atoms with Gasteiger partial charge in [0, 0.05) is 16.7 Å². The van der Waals surface area contributed by atoms with Crippen molar-refractivity contribution in [3.05, 3.63) is 53.6 Å². The molecular formula is C17H16O2. The monoisotopic (exact) mass is 252 g/mol. The van der Waals surface area contributed by atoms with Gasteiger partial charge in [0.2, 0.25) is 0 Å². The standard InChI is InChI=1S/C17H16O2/c1-2-3-11-19-15-10-6-9-14-16(15)12-7-4-5-8-13(12)17(14)18/h4-10H,2-3,11H2,1H3. The van der Waals surface area contributed by atoms with Crippen LogP contribution in [0.4, 0.5) is 0 Å². The molecule has 2 aromatic carbocycles. The van der Waals surface area contributed by atoms with Crippen LogP contribution in [0.25, 0.3) is 11.1 Å². The molecule has 0 bridgehead atoms. The molecule has 0 saturated carbocycles. The summed E-state index contributed by atoms with van der Waals surface area (Å²) in [4.78, 5) is 12.3. The second-order valence-electron chi connectivity index (χ2n) is 4.76. The molecule has 0 radical (unpaired) electrons. The summed E-state index contributed by atoms with van der Waals surface area (Å²) in [5.41, 5.74) is 3.49. The van der Waals surface area contributed by atoms with Crippen LogP contribution in [0.5, 0.6) is 5.75 Å². The maximum Gasteiger partial charge on any atom is 0.194 e. The topological polar surface area (TPSA) is 26.3 Å². The minimum atomic E-state index is 0.103. The molecule has 0 saturated heterocycles. The Kier molecular flexibility index (Phi) is 3.08. The molecule has 0 spiro atoms. The quantitative estimate of drug-likeness (QED) is 0.654. The first-order valence-corrected chi connectivity index (χ1v) is 6.73. The number of ketones is 1. The van der Waals surface area contributed by atoms with Crippen molar-refractivity contribution in [2.24, 2.45) is 0 Å². The molecule has 0 unspecified atom stereocenters. The minimum Gasteiger partial charge on any atom is -0.493 e. The van der Waals surface area contributed by atoms with Crippen molar-refractivity contribution in [1.82, 2.24) is 0 Å². The highest BCUT2D eigenvalue weighted by Gasteiger charge is 2.28. The van der Waals surface area contributed by atoms with Crippen LogP contribution in [-0.4, -0.2) is 12.4 Å². The molecule has 96 valence electrons. The van der Waals surface area contributed by atoms with Gasteiger partial charge in [0.15, 0.2) is 5.78 Å². The lowest BCUT2D eigenvalue weighted by Gasteiger charge is -2.10. The van der Waals surface area contributed by atoms with E-state index in [2.05, 4.69) is 6.92 Å². The summed E-state index contributed by atoms with van der Waals surface area (Å²) in [6.45, 7) is 2.83. The van der Waals surface area contributed by atoms with E-state index in [0.717, 1.165) is 40.8 Å². The highest BCUT2D eigenvalue weighted by molar-refractivity contribution is 6.22. The van der Waals surface area contributed by atoms with E-state index in [0.29, 0.717) is 6.61 Å². The molecule has 0 atom stereocenters. The zero-order chi connectivity index (χ0) is 13.2. The summed E-state index contributed by atoms with van der Waals surface area (Å²) < 4.78 is 5.84. The third-order valence-electron chi connectivity index (χ3n) is 3.47. The van der Waals surface area contributed by atoms with E-state index in [-0.39, 0.29) is 5.78 Å². The van der Waals surface area contributed by atoms with E-state index in [1.807, 2.05) is 42.5 Å². The Labute approximate surface area is 113 Å². The Morgan fingerprint density at radius 1 is 0.947 bits per heavy atom. The van der Waals surface area contributed by atoms with Gasteiger partial charge in [0.1, 0.15) is 5.75 Å². The third-order valence-corrected chi connectivity index (χ3v) is 3.47. The first-order chi connectivity index (χ1) is 9.33. The van der Waals surface area contributed by atoms with Crippen LogP contribution in [0.3, 0.4) is 0 Å². The number of hydrogen-bond donors (Lipinski definition) is 0. The molecule has 0 N–H and O–H groups in total. The number of rotatable bonds is 4. The summed E-state index contributed by atoms with van der Waals surface area (Å²) in [5, 5.41) is 0. The Bertz CT molecular complexity index is 629. The highest BCUT2D eigenvalue weighted by Crippen LogP contribution is 2.42. The third kappa shape index (κ3) is 1.93. The largest absolute Gasteiger partial charge is 0.493 e. The average Bonchev–Trinajstić information content (AvgIpc) is 2.74. The molecule has 2 aromatic rings. The second kappa shape index (κ2) is 4.88. The maximum absolute atomic E-state index is 12.3. The van der Waals surface area contributed by atoms with Crippen LogP contribution in [0.15, 0.2) is 42.5 Å². The van der Waals surface area contributed by atoms with Gasteiger partial charge < -0.3 is 4.74 Å². The molecule has 1 aliphatic carbocycles. The van der Waals surface area contributed by atoms with Crippen molar-refractivity contribution in [2.45, 2.75) is 19.8 Å². The number of fused-ring (bicyclic) bond motifs is 3. The van der Waals surface area contributed by atoms with Gasteiger partial charge in [-0.25, -0.2) is 0 Å². The van der Waals surface area contributed by atoms with Crippen molar-refractivity contribution in [2.75, 3.05) is 6.61 Å². The summed E-state index contributed by atoms with van der Waals surface area (Å²) in [7, 11) is 0. The molecular weight excluding hydrogens is 236 g/mol. The number of ether oxygens (including phenoxy) is 1. The summed E-state index contributed by atoms with van der Waals surface area (Å²) in [5.74, 6) is 0.927. The molecule has 0 fully saturated rings. The fourth-order valence-corrected chi connectivity index (χ4v) is 2.49. The summed E-state index contributed by atoms with van der Waals surface area (Å²) >= 11 is 0. The molecule has 2 nitrogen and oxygen atoms in total. The van der Waals surface area contributed by atoms with Gasteiger partial charge in [-0.1, -0.05) is 49.7 Å². The Morgan fingerprint density at radius 3 is 2.47 bits per heavy atom. The number of benzene rings is 2. The molecule has 0 aliphatic heterocycles. The van der Waals surface area contributed by atoms with Gasteiger partial charge in [-0.3, -0.25) is 4.79 Å². The lowest BCUT2D eigenvalue weighted by atomic mass is 10.1. The van der Waals surface area contributed by atoms with Crippen LogP contribution in [-0.2, 0) is 0 Å². The van der Waals surface area contributed by atoms with E-state index in [1.54, 1.807) is 0 Å². The van der Waals surface area contributed by atoms with Gasteiger partial charge in [0.25, 0.3) is 0 Å². The van der Waals surface area contributed by atoms with Crippen LogP contribution in [0.2, 0.25) is 0 Å². The van der Waals surface area contributed by atoms with Gasteiger partial charge in [-0.15, -0.1) is 0 Å². The van der Waals surface area contributed by atoms with Gasteiger partial charge in [0.05, 0.1) is 6.61 Å². The maximum atomic E-state index is 12.3. The predicted octanol–water partition coefficient (Wildman–Crippen LogP) is 4.08. The van der Waals surface area contributed by atoms with E-state index in [4.69, 9.17) is 4.74 Å². The van der Waals surface area contributed by atoms with Crippen LogP contribution >= 0.6 is 0 Å². The first kappa shape index (κ1) is 12.0. The number of hydrogen-bond acceptors (Lipinski definition) is 2. The van der Waals surface area contributed by atoms with Crippen molar-refractivity contribution in [1.29, 1.82) is 0 Å². The Hall–Kier alpha value is -2.09. The molecule has 1 aliphatic rings. The van der Waals surface area contributed by atoms with E-state index in [1.165, 1.54) is 0 Å². The normalized spacial score (nSPS) is 12.2. The van der Waals surface area contributed by atoms with E-state index in [9.17, 15) is 4.79 Å². The fraction of sp³-hybridized carbons (Fsp3) is 0.235. The number of carbonyl (C=O) groups excluding carboxylic acids is 1. The fourth-order valence-electron chi connectivity index (χ4n) is 2.49. The highest BCUT2D eigenvalue weighted by atomic mass is 16.5. The second-order valence-corrected chi connectivity index (χ2v) is 4.76. The molecule has 0 heterocycles. The number of carbonyl (C=O) groups is 1. The molecule has 19 heavy (non-hydrogen) atoms. The predicted molar refractivity (Wildman–Crippen MR) is 75.7 cm³/mol. The zero-order valence-electron chi connectivity index (χ0n) is 11.0. The van der Waals surface area contributed by atoms with Crippen molar-refractivity contribution in [3.63, 3.8) is 0 Å². The lowest BCUT2D eigenvalue weighted by molar-refractivity contribution is 0.104. The van der Waals surface area contributed by atoms with Crippen LogP contribution in [0, 0.1) is 0 Å². The van der Waals surface area contributed by atoms with E-state index < -0.39 is 0 Å².